The van der Waals surface area contributed by atoms with E-state index in [1.807, 2.05) is 6.92 Å². The van der Waals surface area contributed by atoms with Gasteiger partial charge in [-0.15, -0.1) is 0 Å². The topological polar surface area (TPSA) is 87.7 Å². The summed E-state index contributed by atoms with van der Waals surface area (Å²) in [6, 6.07) is 0. The molecule has 1 aliphatic carbocycles. The first-order valence-electron chi connectivity index (χ1n) is 6.76. The summed E-state index contributed by atoms with van der Waals surface area (Å²) in [5.74, 6) is -0.956. The number of nitrogens with one attached hydrogen (secondary N) is 2. The third-order valence-electron chi connectivity index (χ3n) is 4.15. The molecule has 1 saturated heterocycles. The minimum Gasteiger partial charge on any atom is -0.481 e. The summed E-state index contributed by atoms with van der Waals surface area (Å²) < 4.78 is 5.53. The maximum absolute atomic E-state index is 11.7. The number of rotatable bonds is 7. The monoisotopic (exact) mass is 270 g/mol. The van der Waals surface area contributed by atoms with Gasteiger partial charge in [-0.05, 0) is 25.2 Å². The molecular weight excluding hydrogens is 248 g/mol. The fraction of sp³-hybridized carbons (Fsp3) is 0.846. The summed E-state index contributed by atoms with van der Waals surface area (Å²) in [6.07, 6.45) is 2.93. The highest BCUT2D eigenvalue weighted by Crippen LogP contribution is 2.43. The summed E-state index contributed by atoms with van der Waals surface area (Å²) in [5, 5.41) is 14.8. The van der Waals surface area contributed by atoms with Crippen molar-refractivity contribution >= 4 is 11.9 Å². The van der Waals surface area contributed by atoms with Crippen LogP contribution in [-0.2, 0) is 14.3 Å². The highest BCUT2D eigenvalue weighted by Gasteiger charge is 2.39. The Hall–Kier alpha value is -1.14. The average Bonchev–Trinajstić information content (AvgIpc) is 2.26. The van der Waals surface area contributed by atoms with Gasteiger partial charge in [-0.1, -0.05) is 6.42 Å². The second-order valence-electron chi connectivity index (χ2n) is 6.04. The molecule has 0 atom stereocenters. The van der Waals surface area contributed by atoms with Crippen LogP contribution in [0.1, 0.15) is 32.6 Å². The Labute approximate surface area is 112 Å². The molecule has 0 unspecified atom stereocenters. The van der Waals surface area contributed by atoms with Crippen molar-refractivity contribution in [2.75, 3.05) is 26.2 Å². The molecule has 1 heterocycles. The number of hydrogen-bond donors (Lipinski definition) is 3. The summed E-state index contributed by atoms with van der Waals surface area (Å²) >= 11 is 0. The summed E-state index contributed by atoms with van der Waals surface area (Å²) in [4.78, 5) is 22.5. The minimum atomic E-state index is -0.793. The number of carbonyl (C=O) groups excluding carboxylic acids is 1. The molecule has 3 N–H and O–H groups in total. The molecule has 1 amide bonds. The Morgan fingerprint density at radius 1 is 1.37 bits per heavy atom. The van der Waals surface area contributed by atoms with Crippen LogP contribution in [0.3, 0.4) is 0 Å². The quantitative estimate of drug-likeness (QED) is 0.612. The number of ether oxygens (including phenoxy) is 1. The lowest BCUT2D eigenvalue weighted by atomic mass is 9.66. The van der Waals surface area contributed by atoms with Crippen LogP contribution in [0.2, 0.25) is 0 Å². The van der Waals surface area contributed by atoms with E-state index in [0.717, 1.165) is 32.4 Å². The van der Waals surface area contributed by atoms with Crippen molar-refractivity contribution in [3.63, 3.8) is 0 Å². The van der Waals surface area contributed by atoms with E-state index in [-0.39, 0.29) is 30.0 Å². The number of carboxylic acids is 1. The van der Waals surface area contributed by atoms with Crippen LogP contribution >= 0.6 is 0 Å². The molecular formula is C13H22N2O4. The number of carbonyl (C=O) groups is 2. The molecule has 2 fully saturated rings. The zero-order valence-corrected chi connectivity index (χ0v) is 11.3. The second kappa shape index (κ2) is 5.46. The normalized spacial score (nSPS) is 23.0. The van der Waals surface area contributed by atoms with Gasteiger partial charge < -0.3 is 20.5 Å². The highest BCUT2D eigenvalue weighted by molar-refractivity contribution is 5.77. The van der Waals surface area contributed by atoms with E-state index in [1.54, 1.807) is 0 Å². The van der Waals surface area contributed by atoms with Crippen LogP contribution in [0.15, 0.2) is 0 Å². The van der Waals surface area contributed by atoms with Gasteiger partial charge in [0.15, 0.2) is 0 Å². The van der Waals surface area contributed by atoms with Gasteiger partial charge in [0, 0.05) is 19.6 Å². The van der Waals surface area contributed by atoms with Gasteiger partial charge in [-0.3, -0.25) is 9.59 Å². The van der Waals surface area contributed by atoms with E-state index in [1.165, 1.54) is 0 Å². The third kappa shape index (κ3) is 3.67. The van der Waals surface area contributed by atoms with Crippen LogP contribution in [0.5, 0.6) is 0 Å². The fourth-order valence-corrected chi connectivity index (χ4v) is 2.57. The predicted octanol–water partition coefficient (Wildman–Crippen LogP) is 0.126. The maximum atomic E-state index is 11.7. The Morgan fingerprint density at radius 2 is 2.05 bits per heavy atom. The first kappa shape index (κ1) is 14.3. The van der Waals surface area contributed by atoms with Gasteiger partial charge in [0.1, 0.15) is 6.61 Å². The van der Waals surface area contributed by atoms with Crippen LogP contribution in [0.25, 0.3) is 0 Å². The minimum absolute atomic E-state index is 0.0430. The van der Waals surface area contributed by atoms with Crippen LogP contribution in [0, 0.1) is 5.41 Å². The van der Waals surface area contributed by atoms with Gasteiger partial charge in [0.25, 0.3) is 0 Å². The Balaban J connectivity index is 1.69. The van der Waals surface area contributed by atoms with Gasteiger partial charge in [0.2, 0.25) is 5.91 Å². The molecule has 0 spiro atoms. The standard InChI is InChI=1S/C13H22N2O4/c1-12(7-14-8-12)19-6-10(16)15-9-13(3-2-4-13)5-11(17)18/h14H,2-9H2,1H3,(H,15,16)(H,17,18). The number of carboxylic acid groups (broad SMARTS) is 1. The molecule has 0 aromatic heterocycles. The Morgan fingerprint density at radius 3 is 2.47 bits per heavy atom. The molecule has 1 aliphatic heterocycles. The van der Waals surface area contributed by atoms with E-state index in [2.05, 4.69) is 10.6 Å². The molecule has 1 saturated carbocycles. The van der Waals surface area contributed by atoms with E-state index >= 15 is 0 Å². The van der Waals surface area contributed by atoms with Crippen molar-refractivity contribution in [1.82, 2.24) is 10.6 Å². The third-order valence-corrected chi connectivity index (χ3v) is 4.15. The smallest absolute Gasteiger partial charge is 0.303 e. The molecule has 0 aromatic carbocycles. The molecule has 2 aliphatic rings. The Bertz CT molecular complexity index is 362. The van der Waals surface area contributed by atoms with Gasteiger partial charge >= 0.3 is 5.97 Å². The molecule has 2 rings (SSSR count). The van der Waals surface area contributed by atoms with Crippen molar-refractivity contribution in [3.05, 3.63) is 0 Å². The fourth-order valence-electron chi connectivity index (χ4n) is 2.57. The first-order chi connectivity index (χ1) is 8.93. The lowest BCUT2D eigenvalue weighted by molar-refractivity contribution is -0.143. The zero-order valence-electron chi connectivity index (χ0n) is 11.3. The first-order valence-corrected chi connectivity index (χ1v) is 6.76. The summed E-state index contributed by atoms with van der Waals surface area (Å²) in [7, 11) is 0. The predicted molar refractivity (Wildman–Crippen MR) is 68.8 cm³/mol. The SMILES string of the molecule is CC1(OCC(=O)NCC2(CC(=O)O)CCC2)CNC1. The zero-order chi connectivity index (χ0) is 13.9. The molecule has 6 nitrogen and oxygen atoms in total. The largest absolute Gasteiger partial charge is 0.481 e. The molecule has 0 radical (unpaired) electrons. The van der Waals surface area contributed by atoms with E-state index in [0.29, 0.717) is 6.54 Å². The lowest BCUT2D eigenvalue weighted by Gasteiger charge is -2.41. The molecule has 0 bridgehead atoms. The molecule has 19 heavy (non-hydrogen) atoms. The maximum Gasteiger partial charge on any atom is 0.303 e. The second-order valence-corrected chi connectivity index (χ2v) is 6.04. The van der Waals surface area contributed by atoms with Crippen LogP contribution in [0.4, 0.5) is 0 Å². The van der Waals surface area contributed by atoms with Crippen molar-refractivity contribution in [1.29, 1.82) is 0 Å². The van der Waals surface area contributed by atoms with E-state index in [4.69, 9.17) is 9.84 Å². The van der Waals surface area contributed by atoms with Crippen LogP contribution in [-0.4, -0.2) is 48.8 Å². The molecule has 6 heteroatoms. The summed E-state index contributed by atoms with van der Waals surface area (Å²) in [6.45, 7) is 3.99. The number of aliphatic carboxylic acids is 1. The molecule has 0 aromatic rings. The van der Waals surface area contributed by atoms with E-state index in [9.17, 15) is 9.59 Å². The average molecular weight is 270 g/mol. The van der Waals surface area contributed by atoms with Crippen molar-refractivity contribution in [2.45, 2.75) is 38.2 Å². The summed E-state index contributed by atoms with van der Waals surface area (Å²) in [5.41, 5.74) is -0.462. The van der Waals surface area contributed by atoms with Gasteiger partial charge in [-0.2, -0.15) is 0 Å². The van der Waals surface area contributed by atoms with Crippen molar-refractivity contribution in [2.24, 2.45) is 5.41 Å². The van der Waals surface area contributed by atoms with Crippen molar-refractivity contribution < 1.29 is 19.4 Å². The Kier molecular flexibility index (Phi) is 4.10. The van der Waals surface area contributed by atoms with Crippen LogP contribution < -0.4 is 10.6 Å². The highest BCUT2D eigenvalue weighted by atomic mass is 16.5. The number of hydrogen-bond acceptors (Lipinski definition) is 4. The number of amides is 1. The van der Waals surface area contributed by atoms with Gasteiger partial charge in [0.05, 0.1) is 12.0 Å². The van der Waals surface area contributed by atoms with E-state index < -0.39 is 5.97 Å². The van der Waals surface area contributed by atoms with Gasteiger partial charge in [-0.25, -0.2) is 0 Å². The molecule has 108 valence electrons. The van der Waals surface area contributed by atoms with Crippen molar-refractivity contribution in [3.8, 4) is 0 Å². The lowest BCUT2D eigenvalue weighted by Crippen LogP contribution is -2.59.